The van der Waals surface area contributed by atoms with Gasteiger partial charge in [-0.2, -0.15) is 5.10 Å². The first-order chi connectivity index (χ1) is 6.95. The molecule has 5 heteroatoms. The summed E-state index contributed by atoms with van der Waals surface area (Å²) >= 11 is 0. The van der Waals surface area contributed by atoms with Crippen molar-refractivity contribution in [1.82, 2.24) is 10.9 Å². The zero-order chi connectivity index (χ0) is 11.5. The number of amides is 1. The van der Waals surface area contributed by atoms with Crippen molar-refractivity contribution < 1.29 is 4.79 Å². The van der Waals surface area contributed by atoms with Crippen LogP contribution in [0.15, 0.2) is 10.2 Å². The largest absolute Gasteiger partial charge is 0.283 e. The highest BCUT2D eigenvalue weighted by Gasteiger charge is 2.32. The summed E-state index contributed by atoms with van der Waals surface area (Å²) in [5.41, 5.74) is 6.01. The van der Waals surface area contributed by atoms with E-state index in [0.29, 0.717) is 12.3 Å². The summed E-state index contributed by atoms with van der Waals surface area (Å²) in [6, 6.07) is 0. The first-order valence-electron chi connectivity index (χ1n) is 5.12. The highest BCUT2D eigenvalue weighted by molar-refractivity contribution is 5.96. The van der Waals surface area contributed by atoms with Gasteiger partial charge in [0.2, 0.25) is 5.91 Å². The maximum atomic E-state index is 11.2. The fraction of sp³-hybridized carbons (Fsp3) is 0.700. The van der Waals surface area contributed by atoms with E-state index >= 15 is 0 Å². The van der Waals surface area contributed by atoms with E-state index in [-0.39, 0.29) is 11.3 Å². The van der Waals surface area contributed by atoms with Crippen molar-refractivity contribution in [1.29, 1.82) is 0 Å². The Bertz CT molecular complexity index is 317. The molecule has 0 radical (unpaired) electrons. The number of hydrazine groups is 1. The van der Waals surface area contributed by atoms with Crippen molar-refractivity contribution in [3.63, 3.8) is 0 Å². The number of carbonyl (C=O) groups excluding carboxylic acids is 1. The Morgan fingerprint density at radius 3 is 2.67 bits per heavy atom. The fourth-order valence-electron chi connectivity index (χ4n) is 1.19. The molecule has 0 saturated carbocycles. The summed E-state index contributed by atoms with van der Waals surface area (Å²) < 4.78 is 0. The molecule has 0 aliphatic carbocycles. The van der Waals surface area contributed by atoms with Crippen molar-refractivity contribution in [2.45, 2.75) is 40.5 Å². The highest BCUT2D eigenvalue weighted by Crippen LogP contribution is 2.23. The van der Waals surface area contributed by atoms with Crippen LogP contribution >= 0.6 is 0 Å². The molecule has 0 aromatic heterocycles. The lowest BCUT2D eigenvalue weighted by atomic mass is 9.86. The van der Waals surface area contributed by atoms with E-state index in [1.54, 1.807) is 0 Å². The number of rotatable bonds is 2. The monoisotopic (exact) mass is 210 g/mol. The Kier molecular flexibility index (Phi) is 3.44. The lowest BCUT2D eigenvalue weighted by molar-refractivity contribution is -0.123. The van der Waals surface area contributed by atoms with Gasteiger partial charge < -0.3 is 0 Å². The smallest absolute Gasteiger partial charge is 0.239 e. The standard InChI is InChI=1S/C10H18N4O/c1-5-7(2)11-13-9-10(3,4)6-8(15)12-14-9/h5-6H2,1-4H3,(H,12,15)(H,13,14)/b11-7+. The molecule has 15 heavy (non-hydrogen) atoms. The molecule has 0 aromatic carbocycles. The van der Waals surface area contributed by atoms with Crippen molar-refractivity contribution >= 4 is 17.5 Å². The normalized spacial score (nSPS) is 23.6. The Morgan fingerprint density at radius 2 is 2.13 bits per heavy atom. The molecule has 1 amide bonds. The fourth-order valence-corrected chi connectivity index (χ4v) is 1.19. The van der Waals surface area contributed by atoms with Crippen LogP contribution in [0.2, 0.25) is 0 Å². The molecule has 0 aromatic rings. The summed E-state index contributed by atoms with van der Waals surface area (Å²) in [5.74, 6) is 0.685. The first-order valence-corrected chi connectivity index (χ1v) is 5.12. The first kappa shape index (κ1) is 11.7. The van der Waals surface area contributed by atoms with Crippen LogP contribution in [-0.4, -0.2) is 17.5 Å². The van der Waals surface area contributed by atoms with Gasteiger partial charge in [0.15, 0.2) is 0 Å². The molecule has 1 aliphatic heterocycles. The third kappa shape index (κ3) is 3.04. The van der Waals surface area contributed by atoms with E-state index in [1.165, 1.54) is 0 Å². The minimum Gasteiger partial charge on any atom is -0.283 e. The minimum atomic E-state index is -0.278. The molecule has 1 aliphatic rings. The van der Waals surface area contributed by atoms with E-state index in [0.717, 1.165) is 12.1 Å². The van der Waals surface area contributed by atoms with Crippen LogP contribution in [0.4, 0.5) is 0 Å². The van der Waals surface area contributed by atoms with E-state index in [4.69, 9.17) is 0 Å². The second-order valence-electron chi connectivity index (χ2n) is 4.37. The summed E-state index contributed by atoms with van der Waals surface area (Å²) in [6.45, 7) is 7.89. The molecule has 1 rings (SSSR count). The van der Waals surface area contributed by atoms with Gasteiger partial charge in [-0.25, -0.2) is 0 Å². The van der Waals surface area contributed by atoms with Crippen LogP contribution in [0.3, 0.4) is 0 Å². The van der Waals surface area contributed by atoms with Crippen LogP contribution in [0.5, 0.6) is 0 Å². The van der Waals surface area contributed by atoms with Crippen LogP contribution in [0.25, 0.3) is 0 Å². The van der Waals surface area contributed by atoms with Crippen LogP contribution in [0.1, 0.15) is 40.5 Å². The second-order valence-corrected chi connectivity index (χ2v) is 4.37. The van der Waals surface area contributed by atoms with E-state index in [2.05, 4.69) is 21.1 Å². The number of hydrogen-bond acceptors (Lipinski definition) is 3. The van der Waals surface area contributed by atoms with Gasteiger partial charge in [-0.1, -0.05) is 20.8 Å². The molecule has 0 spiro atoms. The quantitative estimate of drug-likeness (QED) is 0.531. The predicted octanol–water partition coefficient (Wildman–Crippen LogP) is 1.22. The Morgan fingerprint density at radius 1 is 1.47 bits per heavy atom. The molecular formula is C10H18N4O. The Labute approximate surface area is 90.0 Å². The Hall–Kier alpha value is -1.39. The van der Waals surface area contributed by atoms with Gasteiger partial charge in [0.05, 0.1) is 0 Å². The third-order valence-corrected chi connectivity index (χ3v) is 2.40. The van der Waals surface area contributed by atoms with Crippen molar-refractivity contribution in [2.24, 2.45) is 15.6 Å². The number of carbonyl (C=O) groups is 1. The SMILES string of the molecule is CC/C(C)=N/N=C1/NNC(=O)CC1(C)C. The van der Waals surface area contributed by atoms with Gasteiger partial charge in [-0.05, 0) is 13.3 Å². The molecule has 0 atom stereocenters. The second kappa shape index (κ2) is 4.42. The molecule has 2 N–H and O–H groups in total. The topological polar surface area (TPSA) is 65.8 Å². The van der Waals surface area contributed by atoms with Gasteiger partial charge in [0.1, 0.15) is 5.84 Å². The Balaban J connectivity index is 2.81. The zero-order valence-electron chi connectivity index (χ0n) is 9.72. The van der Waals surface area contributed by atoms with Gasteiger partial charge >= 0.3 is 0 Å². The van der Waals surface area contributed by atoms with Crippen molar-refractivity contribution in [3.05, 3.63) is 0 Å². The highest BCUT2D eigenvalue weighted by atomic mass is 16.2. The van der Waals surface area contributed by atoms with Gasteiger partial charge in [0.25, 0.3) is 0 Å². The van der Waals surface area contributed by atoms with Crippen LogP contribution < -0.4 is 10.9 Å². The molecule has 84 valence electrons. The van der Waals surface area contributed by atoms with Crippen molar-refractivity contribution in [3.8, 4) is 0 Å². The van der Waals surface area contributed by atoms with Crippen LogP contribution in [-0.2, 0) is 4.79 Å². The molecular weight excluding hydrogens is 192 g/mol. The minimum absolute atomic E-state index is 0.0184. The van der Waals surface area contributed by atoms with E-state index in [1.807, 2.05) is 27.7 Å². The number of hydrogen-bond donors (Lipinski definition) is 2. The lowest BCUT2D eigenvalue weighted by Gasteiger charge is -2.30. The summed E-state index contributed by atoms with van der Waals surface area (Å²) in [6.07, 6.45) is 1.31. The molecule has 0 bridgehead atoms. The van der Waals surface area contributed by atoms with Gasteiger partial charge in [0, 0.05) is 17.5 Å². The molecule has 1 heterocycles. The summed E-state index contributed by atoms with van der Waals surface area (Å²) in [5, 5.41) is 8.20. The molecule has 0 unspecified atom stereocenters. The predicted molar refractivity (Wildman–Crippen MR) is 60.5 cm³/mol. The van der Waals surface area contributed by atoms with E-state index in [9.17, 15) is 4.79 Å². The zero-order valence-corrected chi connectivity index (χ0v) is 9.72. The lowest BCUT2D eigenvalue weighted by Crippen LogP contribution is -2.54. The molecule has 1 fully saturated rings. The number of nitrogens with zero attached hydrogens (tertiary/aromatic N) is 2. The summed E-state index contributed by atoms with van der Waals surface area (Å²) in [7, 11) is 0. The number of nitrogens with one attached hydrogen (secondary N) is 2. The maximum absolute atomic E-state index is 11.2. The summed E-state index contributed by atoms with van der Waals surface area (Å²) in [4.78, 5) is 11.2. The van der Waals surface area contributed by atoms with Crippen LogP contribution in [0, 0.1) is 5.41 Å². The maximum Gasteiger partial charge on any atom is 0.239 e. The van der Waals surface area contributed by atoms with Gasteiger partial charge in [-0.15, -0.1) is 5.10 Å². The molecule has 1 saturated heterocycles. The van der Waals surface area contributed by atoms with Gasteiger partial charge in [-0.3, -0.25) is 15.6 Å². The molecule has 5 nitrogen and oxygen atoms in total. The average molecular weight is 210 g/mol. The third-order valence-electron chi connectivity index (χ3n) is 2.40. The van der Waals surface area contributed by atoms with Crippen molar-refractivity contribution in [2.75, 3.05) is 0 Å². The average Bonchev–Trinajstić information content (AvgIpc) is 2.14. The van der Waals surface area contributed by atoms with E-state index < -0.39 is 0 Å². The number of amidine groups is 1.